The first-order chi connectivity index (χ1) is 11.1. The summed E-state index contributed by atoms with van der Waals surface area (Å²) >= 11 is 1.61. The van der Waals surface area contributed by atoms with Gasteiger partial charge in [-0.15, -0.1) is 11.3 Å². The Bertz CT molecular complexity index is 686. The van der Waals surface area contributed by atoms with Crippen LogP contribution in [0.5, 0.6) is 11.5 Å². The van der Waals surface area contributed by atoms with Crippen LogP contribution in [0.4, 0.5) is 5.13 Å². The van der Waals surface area contributed by atoms with Gasteiger partial charge < -0.3 is 15.6 Å². The topological polar surface area (TPSA) is 71.6 Å². The molecule has 1 aromatic carbocycles. The molecule has 1 aliphatic heterocycles. The Labute approximate surface area is 140 Å². The monoisotopic (exact) mass is 331 g/mol. The van der Waals surface area contributed by atoms with Crippen LogP contribution in [-0.4, -0.2) is 41.7 Å². The van der Waals surface area contributed by atoms with Gasteiger partial charge in [-0.05, 0) is 24.1 Å². The van der Waals surface area contributed by atoms with Gasteiger partial charge in [-0.25, -0.2) is 4.98 Å². The second-order valence-electron chi connectivity index (χ2n) is 5.59. The summed E-state index contributed by atoms with van der Waals surface area (Å²) < 4.78 is 5.16. The summed E-state index contributed by atoms with van der Waals surface area (Å²) in [6.45, 7) is 2.88. The van der Waals surface area contributed by atoms with Gasteiger partial charge in [-0.2, -0.15) is 0 Å². The minimum atomic E-state index is 0.215. The molecule has 0 saturated carbocycles. The molecule has 0 fully saturated rings. The van der Waals surface area contributed by atoms with E-state index in [1.807, 2.05) is 12.1 Å². The molecule has 0 spiro atoms. The molecule has 0 atom stereocenters. The Balaban J connectivity index is 1.58. The zero-order valence-corrected chi connectivity index (χ0v) is 14.0. The van der Waals surface area contributed by atoms with Gasteiger partial charge in [-0.1, -0.05) is 12.2 Å². The molecule has 1 aliphatic rings. The normalized spacial score (nSPS) is 15.5. The highest BCUT2D eigenvalue weighted by atomic mass is 32.1. The lowest BCUT2D eigenvalue weighted by molar-refractivity contribution is 0.318. The van der Waals surface area contributed by atoms with Crippen LogP contribution in [-0.2, 0) is 12.8 Å². The lowest BCUT2D eigenvalue weighted by Gasteiger charge is -2.17. The lowest BCUT2D eigenvalue weighted by atomic mass is 10.2. The van der Waals surface area contributed by atoms with Crippen LogP contribution < -0.4 is 10.5 Å². The van der Waals surface area contributed by atoms with Crippen LogP contribution in [0, 0.1) is 0 Å². The van der Waals surface area contributed by atoms with Gasteiger partial charge in [0.05, 0.1) is 12.8 Å². The average molecular weight is 331 g/mol. The summed E-state index contributed by atoms with van der Waals surface area (Å²) in [4.78, 5) is 8.14. The van der Waals surface area contributed by atoms with Gasteiger partial charge >= 0.3 is 0 Å². The zero-order valence-electron chi connectivity index (χ0n) is 13.2. The van der Waals surface area contributed by atoms with E-state index >= 15 is 0 Å². The number of thiazole rings is 1. The first kappa shape index (κ1) is 15.8. The van der Waals surface area contributed by atoms with E-state index in [1.165, 1.54) is 4.88 Å². The summed E-state index contributed by atoms with van der Waals surface area (Å²) in [5, 5.41) is 10.4. The van der Waals surface area contributed by atoms with Crippen molar-refractivity contribution in [2.75, 3.05) is 32.5 Å². The van der Waals surface area contributed by atoms with E-state index in [1.54, 1.807) is 30.6 Å². The Morgan fingerprint density at radius 1 is 1.35 bits per heavy atom. The third-order valence-corrected chi connectivity index (χ3v) is 4.92. The number of nitrogen functional groups attached to an aromatic ring is 1. The fraction of sp³-hybridized carbons (Fsp3) is 0.353. The fourth-order valence-corrected chi connectivity index (χ4v) is 3.64. The number of aromatic nitrogens is 1. The molecule has 6 heteroatoms. The summed E-state index contributed by atoms with van der Waals surface area (Å²) in [5.74, 6) is 0.874. The van der Waals surface area contributed by atoms with Crippen LogP contribution in [0.25, 0.3) is 6.08 Å². The number of aromatic hydroxyl groups is 1. The maximum atomic E-state index is 9.67. The number of hydrogen-bond donors (Lipinski definition) is 2. The highest BCUT2D eigenvalue weighted by molar-refractivity contribution is 7.15. The number of phenols is 1. The van der Waals surface area contributed by atoms with Crippen molar-refractivity contribution in [1.29, 1.82) is 0 Å². The van der Waals surface area contributed by atoms with Crippen LogP contribution >= 0.6 is 11.3 Å². The molecular formula is C17H21N3O2S. The number of nitrogens with zero attached hydrogens (tertiary/aromatic N) is 2. The quantitative estimate of drug-likeness (QED) is 0.901. The third kappa shape index (κ3) is 4.03. The van der Waals surface area contributed by atoms with E-state index in [0.29, 0.717) is 10.9 Å². The van der Waals surface area contributed by atoms with Gasteiger partial charge in [-0.3, -0.25) is 4.90 Å². The number of anilines is 1. The maximum absolute atomic E-state index is 9.67. The van der Waals surface area contributed by atoms with E-state index < -0.39 is 0 Å². The molecule has 23 heavy (non-hydrogen) atoms. The minimum absolute atomic E-state index is 0.215. The number of ether oxygens (including phenoxy) is 1. The molecule has 0 amide bonds. The third-order valence-electron chi connectivity index (χ3n) is 3.94. The fourth-order valence-electron chi connectivity index (χ4n) is 2.77. The van der Waals surface area contributed by atoms with E-state index in [0.717, 1.165) is 43.7 Å². The first-order valence-corrected chi connectivity index (χ1v) is 8.46. The number of hydrogen-bond acceptors (Lipinski definition) is 6. The van der Waals surface area contributed by atoms with Gasteiger partial charge in [0.1, 0.15) is 11.5 Å². The zero-order chi connectivity index (χ0) is 16.2. The van der Waals surface area contributed by atoms with Gasteiger partial charge in [0, 0.05) is 37.0 Å². The Morgan fingerprint density at radius 2 is 2.17 bits per heavy atom. The molecule has 0 unspecified atom stereocenters. The molecule has 0 radical (unpaired) electrons. The number of methoxy groups -OCH3 is 1. The van der Waals surface area contributed by atoms with Crippen LogP contribution in [0.15, 0.2) is 24.3 Å². The molecule has 3 N–H and O–H groups in total. The molecule has 3 rings (SSSR count). The van der Waals surface area contributed by atoms with E-state index in [9.17, 15) is 5.11 Å². The van der Waals surface area contributed by atoms with E-state index in [4.69, 9.17) is 10.5 Å². The molecular weight excluding hydrogens is 310 g/mol. The molecule has 1 aromatic heterocycles. The van der Waals surface area contributed by atoms with Crippen molar-refractivity contribution in [1.82, 2.24) is 9.88 Å². The van der Waals surface area contributed by atoms with Crippen LogP contribution in [0.2, 0.25) is 0 Å². The largest absolute Gasteiger partial charge is 0.508 e. The van der Waals surface area contributed by atoms with Crippen molar-refractivity contribution in [3.8, 4) is 11.5 Å². The maximum Gasteiger partial charge on any atom is 0.180 e. The molecule has 0 bridgehead atoms. The van der Waals surface area contributed by atoms with Crippen LogP contribution in [0.3, 0.4) is 0 Å². The molecule has 2 heterocycles. The van der Waals surface area contributed by atoms with Gasteiger partial charge in [0.2, 0.25) is 0 Å². The van der Waals surface area contributed by atoms with Crippen molar-refractivity contribution in [3.63, 3.8) is 0 Å². The van der Waals surface area contributed by atoms with E-state index in [2.05, 4.69) is 16.0 Å². The van der Waals surface area contributed by atoms with Gasteiger partial charge in [0.15, 0.2) is 5.13 Å². The lowest BCUT2D eigenvalue weighted by Crippen LogP contribution is -2.26. The Kier molecular flexibility index (Phi) is 4.83. The molecule has 2 aromatic rings. The summed E-state index contributed by atoms with van der Waals surface area (Å²) in [7, 11) is 1.60. The van der Waals surface area contributed by atoms with Crippen molar-refractivity contribution >= 4 is 22.5 Å². The number of benzene rings is 1. The van der Waals surface area contributed by atoms with Crippen molar-refractivity contribution in [3.05, 3.63) is 40.4 Å². The minimum Gasteiger partial charge on any atom is -0.508 e. The second kappa shape index (κ2) is 7.02. The second-order valence-corrected chi connectivity index (χ2v) is 6.70. The van der Waals surface area contributed by atoms with Crippen molar-refractivity contribution in [2.24, 2.45) is 0 Å². The predicted octanol–water partition coefficient (Wildman–Crippen LogP) is 2.55. The van der Waals surface area contributed by atoms with Crippen molar-refractivity contribution < 1.29 is 9.84 Å². The summed E-state index contributed by atoms with van der Waals surface area (Å²) in [6.07, 6.45) is 6.10. The number of fused-ring (bicyclic) bond motifs is 1. The number of nitrogens with two attached hydrogens (primary N) is 1. The first-order valence-electron chi connectivity index (χ1n) is 7.65. The highest BCUT2D eigenvalue weighted by Crippen LogP contribution is 2.24. The Morgan fingerprint density at radius 3 is 3.00 bits per heavy atom. The van der Waals surface area contributed by atoms with Crippen LogP contribution in [0.1, 0.15) is 16.1 Å². The molecule has 0 saturated heterocycles. The molecule has 5 nitrogen and oxygen atoms in total. The number of rotatable bonds is 4. The smallest absolute Gasteiger partial charge is 0.180 e. The van der Waals surface area contributed by atoms with Gasteiger partial charge in [0.25, 0.3) is 0 Å². The highest BCUT2D eigenvalue weighted by Gasteiger charge is 2.16. The summed E-state index contributed by atoms with van der Waals surface area (Å²) in [6, 6.07) is 5.23. The van der Waals surface area contributed by atoms with Crippen molar-refractivity contribution in [2.45, 2.75) is 12.8 Å². The SMILES string of the molecule is COc1cc(O)cc(C=CCN2CCc3nc(N)sc3CC2)c1. The number of phenolic OH excluding ortho intramolecular Hbond substituents is 1. The molecule has 122 valence electrons. The average Bonchev–Trinajstić information content (AvgIpc) is 2.78. The predicted molar refractivity (Wildman–Crippen MR) is 94.1 cm³/mol. The molecule has 0 aliphatic carbocycles. The Hall–Kier alpha value is -2.05. The summed E-state index contributed by atoms with van der Waals surface area (Å²) in [5.41, 5.74) is 7.88. The van der Waals surface area contributed by atoms with E-state index in [-0.39, 0.29) is 5.75 Å². The standard InChI is InChI=1S/C17H21N3O2S/c1-22-14-10-12(9-13(21)11-14)3-2-6-20-7-4-15-16(5-8-20)23-17(18)19-15/h2-3,9-11,21H,4-8H2,1H3,(H2,18,19).